The van der Waals surface area contributed by atoms with E-state index < -0.39 is 12.5 Å². The molecular formula is C12H19F2N3O3. The van der Waals surface area contributed by atoms with Gasteiger partial charge in [-0.3, -0.25) is 4.90 Å². The number of aromatic nitrogens is 2. The third kappa shape index (κ3) is 4.19. The van der Waals surface area contributed by atoms with Crippen LogP contribution in [0.3, 0.4) is 0 Å². The fourth-order valence-electron chi connectivity index (χ4n) is 2.02. The predicted molar refractivity (Wildman–Crippen MR) is 65.4 cm³/mol. The van der Waals surface area contributed by atoms with E-state index in [1.165, 1.54) is 0 Å². The second-order valence-electron chi connectivity index (χ2n) is 4.76. The molecule has 8 heteroatoms. The Morgan fingerprint density at radius 1 is 1.50 bits per heavy atom. The summed E-state index contributed by atoms with van der Waals surface area (Å²) in [6.45, 7) is 4.18. The summed E-state index contributed by atoms with van der Waals surface area (Å²) in [7, 11) is 0. The smallest absolute Gasteiger partial charge is 0.283 e. The Hall–Kier alpha value is -1.12. The summed E-state index contributed by atoms with van der Waals surface area (Å²) in [6, 6.07) is 0. The zero-order valence-corrected chi connectivity index (χ0v) is 11.6. The van der Waals surface area contributed by atoms with Crippen LogP contribution in [-0.4, -0.2) is 53.9 Å². The third-order valence-corrected chi connectivity index (χ3v) is 2.94. The molecule has 0 radical (unpaired) electrons. The van der Waals surface area contributed by atoms with Gasteiger partial charge in [0.15, 0.2) is 5.82 Å². The lowest BCUT2D eigenvalue weighted by atomic mass is 10.3. The third-order valence-electron chi connectivity index (χ3n) is 2.94. The van der Waals surface area contributed by atoms with Gasteiger partial charge in [0.1, 0.15) is 12.7 Å². The van der Waals surface area contributed by atoms with E-state index in [1.54, 1.807) is 4.90 Å². The van der Waals surface area contributed by atoms with Crippen LogP contribution in [0.15, 0.2) is 4.52 Å². The van der Waals surface area contributed by atoms with Crippen molar-refractivity contribution in [3.8, 4) is 0 Å². The quantitative estimate of drug-likeness (QED) is 0.822. The van der Waals surface area contributed by atoms with Gasteiger partial charge in [-0.1, -0.05) is 5.16 Å². The average molecular weight is 291 g/mol. The zero-order chi connectivity index (χ0) is 14.6. The van der Waals surface area contributed by atoms with Crippen LogP contribution < -0.4 is 0 Å². The minimum absolute atomic E-state index is 0.185. The van der Waals surface area contributed by atoms with Gasteiger partial charge in [-0.05, 0) is 13.8 Å². The lowest BCUT2D eigenvalue weighted by Gasteiger charge is -2.20. The molecule has 1 aliphatic heterocycles. The molecule has 20 heavy (non-hydrogen) atoms. The number of hydrogen-bond donors (Lipinski definition) is 0. The first-order chi connectivity index (χ1) is 9.50. The lowest BCUT2D eigenvalue weighted by molar-refractivity contribution is -0.0694. The zero-order valence-electron chi connectivity index (χ0n) is 11.6. The number of ether oxygens (including phenoxy) is 2. The van der Waals surface area contributed by atoms with Crippen LogP contribution in [0.4, 0.5) is 8.78 Å². The Kier molecular flexibility index (Phi) is 5.00. The molecule has 2 heterocycles. The van der Waals surface area contributed by atoms with Crippen molar-refractivity contribution in [2.45, 2.75) is 32.4 Å². The first-order valence-corrected chi connectivity index (χ1v) is 6.62. The van der Waals surface area contributed by atoms with E-state index in [1.807, 2.05) is 13.8 Å². The lowest BCUT2D eigenvalue weighted by Crippen LogP contribution is -2.37. The number of halogens is 2. The van der Waals surface area contributed by atoms with E-state index in [2.05, 4.69) is 10.1 Å². The van der Waals surface area contributed by atoms with Crippen LogP contribution in [0.25, 0.3) is 0 Å². The summed E-state index contributed by atoms with van der Waals surface area (Å²) in [4.78, 5) is 5.72. The first-order valence-electron chi connectivity index (χ1n) is 6.62. The van der Waals surface area contributed by atoms with Crippen molar-refractivity contribution in [1.82, 2.24) is 15.0 Å². The van der Waals surface area contributed by atoms with Crippen molar-refractivity contribution >= 4 is 0 Å². The van der Waals surface area contributed by atoms with Gasteiger partial charge in [0.25, 0.3) is 5.92 Å². The Labute approximate surface area is 116 Å². The van der Waals surface area contributed by atoms with Gasteiger partial charge in [-0.25, -0.2) is 8.78 Å². The van der Waals surface area contributed by atoms with E-state index in [-0.39, 0.29) is 25.8 Å². The largest absolute Gasteiger partial charge is 0.374 e. The predicted octanol–water partition coefficient (Wildman–Crippen LogP) is 1.63. The first kappa shape index (κ1) is 15.3. The fourth-order valence-corrected chi connectivity index (χ4v) is 2.02. The number of rotatable bonds is 5. The number of alkyl halides is 2. The topological polar surface area (TPSA) is 60.6 Å². The molecule has 6 nitrogen and oxygen atoms in total. The normalized spacial score (nSPS) is 21.6. The van der Waals surface area contributed by atoms with Crippen molar-refractivity contribution in [3.05, 3.63) is 11.7 Å². The second kappa shape index (κ2) is 6.55. The van der Waals surface area contributed by atoms with Crippen LogP contribution in [0, 0.1) is 0 Å². The maximum absolute atomic E-state index is 13.4. The van der Waals surface area contributed by atoms with E-state index in [9.17, 15) is 8.78 Å². The average Bonchev–Trinajstić information content (AvgIpc) is 2.75. The molecule has 0 aliphatic carbocycles. The van der Waals surface area contributed by atoms with E-state index in [4.69, 9.17) is 14.0 Å². The Morgan fingerprint density at radius 3 is 3.05 bits per heavy atom. The highest BCUT2D eigenvalue weighted by Crippen LogP contribution is 2.20. The van der Waals surface area contributed by atoms with Crippen molar-refractivity contribution in [3.63, 3.8) is 0 Å². The van der Waals surface area contributed by atoms with Gasteiger partial charge in [0.2, 0.25) is 5.89 Å². The molecule has 1 aromatic rings. The molecule has 0 saturated carbocycles. The van der Waals surface area contributed by atoms with Gasteiger partial charge >= 0.3 is 0 Å². The maximum Gasteiger partial charge on any atom is 0.283 e. The summed E-state index contributed by atoms with van der Waals surface area (Å²) in [5.41, 5.74) is 0. The van der Waals surface area contributed by atoms with Gasteiger partial charge in [0, 0.05) is 13.2 Å². The van der Waals surface area contributed by atoms with Gasteiger partial charge < -0.3 is 14.0 Å². The fraction of sp³-hybridized carbons (Fsp3) is 0.833. The highest BCUT2D eigenvalue weighted by Gasteiger charge is 2.34. The molecule has 1 aliphatic rings. The van der Waals surface area contributed by atoms with E-state index in [0.717, 1.165) is 0 Å². The molecule has 1 atom stereocenters. The molecule has 114 valence electrons. The van der Waals surface area contributed by atoms with Gasteiger partial charge in [-0.15, -0.1) is 0 Å². The molecule has 0 amide bonds. The maximum atomic E-state index is 13.4. The van der Waals surface area contributed by atoms with Gasteiger partial charge in [-0.2, -0.15) is 4.98 Å². The molecular weight excluding hydrogens is 272 g/mol. The number of hydrogen-bond acceptors (Lipinski definition) is 6. The molecule has 0 N–H and O–H groups in total. The molecule has 0 bridgehead atoms. The summed E-state index contributed by atoms with van der Waals surface area (Å²) < 4.78 is 42.1. The van der Waals surface area contributed by atoms with Crippen LogP contribution in [0.1, 0.15) is 31.7 Å². The summed E-state index contributed by atoms with van der Waals surface area (Å²) in [6.07, 6.45) is -0.272. The monoisotopic (exact) mass is 291 g/mol. The Bertz CT molecular complexity index is 428. The minimum Gasteiger partial charge on any atom is -0.374 e. The Balaban J connectivity index is 1.95. The SMILES string of the molecule is CCOC(C)c1noc(CN2CCOCC(F)(F)C2)n1. The number of nitrogens with zero attached hydrogens (tertiary/aromatic N) is 3. The summed E-state index contributed by atoms with van der Waals surface area (Å²) in [5, 5.41) is 3.80. The van der Waals surface area contributed by atoms with Crippen molar-refractivity contribution in [2.75, 3.05) is 32.9 Å². The molecule has 0 aromatic carbocycles. The molecule has 1 unspecified atom stereocenters. The van der Waals surface area contributed by atoms with Crippen LogP contribution in [-0.2, 0) is 16.0 Å². The summed E-state index contributed by atoms with van der Waals surface area (Å²) >= 11 is 0. The highest BCUT2D eigenvalue weighted by atomic mass is 19.3. The summed E-state index contributed by atoms with van der Waals surface area (Å²) in [5.74, 6) is -2.11. The molecule has 1 aromatic heterocycles. The molecule has 2 rings (SSSR count). The van der Waals surface area contributed by atoms with E-state index in [0.29, 0.717) is 24.9 Å². The molecule has 0 spiro atoms. The van der Waals surface area contributed by atoms with Crippen molar-refractivity contribution < 1.29 is 22.8 Å². The van der Waals surface area contributed by atoms with Crippen molar-refractivity contribution in [1.29, 1.82) is 0 Å². The highest BCUT2D eigenvalue weighted by molar-refractivity contribution is 4.90. The van der Waals surface area contributed by atoms with Crippen molar-refractivity contribution in [2.24, 2.45) is 0 Å². The van der Waals surface area contributed by atoms with Crippen LogP contribution in [0.2, 0.25) is 0 Å². The van der Waals surface area contributed by atoms with Crippen LogP contribution in [0.5, 0.6) is 0 Å². The molecule has 1 saturated heterocycles. The second-order valence-corrected chi connectivity index (χ2v) is 4.76. The van der Waals surface area contributed by atoms with Crippen LogP contribution >= 0.6 is 0 Å². The van der Waals surface area contributed by atoms with Gasteiger partial charge in [0.05, 0.1) is 19.7 Å². The Morgan fingerprint density at radius 2 is 2.30 bits per heavy atom. The minimum atomic E-state index is -2.85. The standard InChI is InChI=1S/C12H19F2N3O3/c1-3-19-9(2)11-15-10(20-16-11)6-17-4-5-18-8-12(13,14)7-17/h9H,3-8H2,1-2H3. The van der Waals surface area contributed by atoms with E-state index >= 15 is 0 Å². The molecule has 1 fully saturated rings.